The van der Waals surface area contributed by atoms with Gasteiger partial charge in [-0.15, -0.1) is 0 Å². The molecule has 0 aliphatic rings. The van der Waals surface area contributed by atoms with Crippen molar-refractivity contribution in [2.45, 2.75) is 6.92 Å². The maximum atomic E-state index is 12.5. The molecule has 35 heavy (non-hydrogen) atoms. The highest BCUT2D eigenvalue weighted by atomic mass is 35.5. The Labute approximate surface area is 212 Å². The minimum absolute atomic E-state index is 0.172. The van der Waals surface area contributed by atoms with Crippen LogP contribution in [0.5, 0.6) is 0 Å². The van der Waals surface area contributed by atoms with Gasteiger partial charge in [0.2, 0.25) is 5.89 Å². The molecule has 0 spiro atoms. The van der Waals surface area contributed by atoms with Crippen LogP contribution in [0.4, 0.5) is 5.69 Å². The number of halogens is 1. The van der Waals surface area contributed by atoms with Gasteiger partial charge in [-0.05, 0) is 78.3 Å². The Morgan fingerprint density at radius 2 is 1.60 bits per heavy atom. The van der Waals surface area contributed by atoms with E-state index in [9.17, 15) is 4.79 Å². The number of oxazole rings is 1. The normalized spacial score (nSPS) is 10.8. The number of hydrogen-bond donors (Lipinski definition) is 2. The van der Waals surface area contributed by atoms with Gasteiger partial charge in [-0.2, -0.15) is 0 Å². The number of thiocarbonyl (C=S) groups is 1. The third kappa shape index (κ3) is 5.09. The molecule has 7 heteroatoms. The summed E-state index contributed by atoms with van der Waals surface area (Å²) < 4.78 is 5.95. The fourth-order valence-electron chi connectivity index (χ4n) is 3.64. The van der Waals surface area contributed by atoms with Crippen molar-refractivity contribution < 1.29 is 9.21 Å². The molecule has 2 N–H and O–H groups in total. The molecule has 0 atom stereocenters. The number of aromatic nitrogens is 1. The third-order valence-corrected chi connectivity index (χ3v) is 6.16. The van der Waals surface area contributed by atoms with E-state index in [1.165, 1.54) is 0 Å². The summed E-state index contributed by atoms with van der Waals surface area (Å²) in [7, 11) is 0. The highest BCUT2D eigenvalue weighted by Gasteiger charge is 2.12. The number of amides is 1. The molecule has 4 aromatic carbocycles. The first-order valence-electron chi connectivity index (χ1n) is 10.9. The SMILES string of the molecule is Cc1ccc(C(=O)NC(=S)Nc2ccc3oc(-c4ccc(-c5ccccc5)cc4)nc3c2)cc1Cl. The third-order valence-electron chi connectivity index (χ3n) is 5.55. The van der Waals surface area contributed by atoms with Gasteiger partial charge in [0.15, 0.2) is 10.7 Å². The van der Waals surface area contributed by atoms with E-state index in [4.69, 9.17) is 28.2 Å². The minimum atomic E-state index is -0.340. The van der Waals surface area contributed by atoms with Crippen LogP contribution in [0.2, 0.25) is 5.02 Å². The van der Waals surface area contributed by atoms with Crippen LogP contribution in [0.15, 0.2) is 95.4 Å². The summed E-state index contributed by atoms with van der Waals surface area (Å²) in [4.78, 5) is 17.1. The number of nitrogens with zero attached hydrogens (tertiary/aromatic N) is 1. The van der Waals surface area contributed by atoms with E-state index in [-0.39, 0.29) is 11.0 Å². The summed E-state index contributed by atoms with van der Waals surface area (Å²) in [5.74, 6) is 0.192. The maximum absolute atomic E-state index is 12.5. The van der Waals surface area contributed by atoms with Gasteiger partial charge in [0.25, 0.3) is 5.91 Å². The van der Waals surface area contributed by atoms with E-state index in [0.29, 0.717) is 33.3 Å². The summed E-state index contributed by atoms with van der Waals surface area (Å²) >= 11 is 11.4. The van der Waals surface area contributed by atoms with E-state index < -0.39 is 0 Å². The predicted molar refractivity (Wildman–Crippen MR) is 145 cm³/mol. The minimum Gasteiger partial charge on any atom is -0.436 e. The second kappa shape index (κ2) is 9.70. The van der Waals surface area contributed by atoms with Gasteiger partial charge >= 0.3 is 0 Å². The molecule has 0 radical (unpaired) electrons. The van der Waals surface area contributed by atoms with E-state index in [2.05, 4.69) is 39.9 Å². The molecule has 5 aromatic rings. The zero-order chi connectivity index (χ0) is 24.4. The number of rotatable bonds is 4. The lowest BCUT2D eigenvalue weighted by Gasteiger charge is -2.10. The summed E-state index contributed by atoms with van der Waals surface area (Å²) in [6.07, 6.45) is 0. The summed E-state index contributed by atoms with van der Waals surface area (Å²) in [6.45, 7) is 1.88. The quantitative estimate of drug-likeness (QED) is 0.256. The highest BCUT2D eigenvalue weighted by Crippen LogP contribution is 2.28. The summed E-state index contributed by atoms with van der Waals surface area (Å²) in [6, 6.07) is 28.8. The summed E-state index contributed by atoms with van der Waals surface area (Å²) in [5.41, 5.74) is 6.51. The van der Waals surface area contributed by atoms with Gasteiger partial charge in [0.05, 0.1) is 0 Å². The van der Waals surface area contributed by atoms with E-state index in [1.807, 2.05) is 55.5 Å². The van der Waals surface area contributed by atoms with Gasteiger partial charge in [0, 0.05) is 21.8 Å². The first kappa shape index (κ1) is 22.8. The number of carbonyl (C=O) groups excluding carboxylic acids is 1. The molecule has 172 valence electrons. The number of carbonyl (C=O) groups is 1. The average molecular weight is 498 g/mol. The summed E-state index contributed by atoms with van der Waals surface area (Å²) in [5, 5.41) is 6.39. The van der Waals surface area contributed by atoms with Crippen molar-refractivity contribution in [3.8, 4) is 22.6 Å². The van der Waals surface area contributed by atoms with Crippen LogP contribution >= 0.6 is 23.8 Å². The van der Waals surface area contributed by atoms with Gasteiger partial charge in [0.1, 0.15) is 5.52 Å². The molecule has 0 bridgehead atoms. The second-order valence-corrected chi connectivity index (χ2v) is 8.83. The van der Waals surface area contributed by atoms with E-state index >= 15 is 0 Å². The first-order chi connectivity index (χ1) is 17.0. The molecule has 0 saturated carbocycles. The van der Waals surface area contributed by atoms with Crippen molar-refractivity contribution in [2.75, 3.05) is 5.32 Å². The smallest absolute Gasteiger partial charge is 0.257 e. The number of benzene rings is 4. The molecule has 5 rings (SSSR count). The molecule has 0 fully saturated rings. The molecule has 0 aliphatic carbocycles. The van der Waals surface area contributed by atoms with E-state index in [0.717, 1.165) is 22.3 Å². The lowest BCUT2D eigenvalue weighted by Crippen LogP contribution is -2.34. The number of nitrogens with one attached hydrogen (secondary N) is 2. The molecule has 1 heterocycles. The van der Waals surface area contributed by atoms with Crippen molar-refractivity contribution in [1.29, 1.82) is 0 Å². The van der Waals surface area contributed by atoms with Crippen molar-refractivity contribution >= 4 is 51.6 Å². The Morgan fingerprint density at radius 3 is 2.34 bits per heavy atom. The van der Waals surface area contributed by atoms with Gasteiger partial charge in [-0.3, -0.25) is 10.1 Å². The van der Waals surface area contributed by atoms with Crippen LogP contribution in [0.25, 0.3) is 33.7 Å². The van der Waals surface area contributed by atoms with Gasteiger partial charge < -0.3 is 9.73 Å². The Kier molecular flexibility index (Phi) is 6.31. The van der Waals surface area contributed by atoms with Crippen LogP contribution in [-0.2, 0) is 0 Å². The molecule has 5 nitrogen and oxygen atoms in total. The fraction of sp³-hybridized carbons (Fsp3) is 0.0357. The Hall–Kier alpha value is -4.00. The highest BCUT2D eigenvalue weighted by molar-refractivity contribution is 7.80. The molecule has 0 aliphatic heterocycles. The van der Waals surface area contributed by atoms with Crippen LogP contribution < -0.4 is 10.6 Å². The number of aryl methyl sites for hydroxylation is 1. The molecule has 1 amide bonds. The largest absolute Gasteiger partial charge is 0.436 e. The molecular weight excluding hydrogens is 478 g/mol. The van der Waals surface area contributed by atoms with Gasteiger partial charge in [-0.1, -0.05) is 60.1 Å². The van der Waals surface area contributed by atoms with E-state index in [1.54, 1.807) is 18.2 Å². The lowest BCUT2D eigenvalue weighted by molar-refractivity contribution is 0.0977. The van der Waals surface area contributed by atoms with Crippen molar-refractivity contribution in [3.63, 3.8) is 0 Å². The number of anilines is 1. The monoisotopic (exact) mass is 497 g/mol. The Morgan fingerprint density at radius 1 is 0.886 bits per heavy atom. The molecule has 0 saturated heterocycles. The molecular formula is C28H20ClN3O2S. The Balaban J connectivity index is 1.29. The van der Waals surface area contributed by atoms with Crippen LogP contribution in [0.3, 0.4) is 0 Å². The Bertz CT molecular complexity index is 1550. The second-order valence-electron chi connectivity index (χ2n) is 8.02. The molecule has 0 unspecified atom stereocenters. The average Bonchev–Trinajstić information content (AvgIpc) is 3.30. The zero-order valence-corrected chi connectivity index (χ0v) is 20.3. The standard InChI is InChI=1S/C28H20ClN3O2S/c1-17-7-8-21(15-23(17)29)26(33)32-28(35)30-22-13-14-25-24(16-22)31-27(34-25)20-11-9-19(10-12-20)18-5-3-2-4-6-18/h2-16H,1H3,(H2,30,32,33,35). The first-order valence-corrected chi connectivity index (χ1v) is 11.7. The number of hydrogen-bond acceptors (Lipinski definition) is 4. The fourth-order valence-corrected chi connectivity index (χ4v) is 4.03. The predicted octanol–water partition coefficient (Wildman–Crippen LogP) is 7.25. The van der Waals surface area contributed by atoms with Crippen molar-refractivity contribution in [1.82, 2.24) is 10.3 Å². The lowest BCUT2D eigenvalue weighted by atomic mass is 10.0. The maximum Gasteiger partial charge on any atom is 0.257 e. The topological polar surface area (TPSA) is 67.2 Å². The van der Waals surface area contributed by atoms with Crippen LogP contribution in [0.1, 0.15) is 15.9 Å². The van der Waals surface area contributed by atoms with Crippen molar-refractivity contribution in [2.24, 2.45) is 0 Å². The zero-order valence-electron chi connectivity index (χ0n) is 18.7. The molecule has 1 aromatic heterocycles. The van der Waals surface area contributed by atoms with Crippen molar-refractivity contribution in [3.05, 3.63) is 107 Å². The van der Waals surface area contributed by atoms with Crippen LogP contribution in [0, 0.1) is 6.92 Å². The van der Waals surface area contributed by atoms with Crippen LogP contribution in [-0.4, -0.2) is 16.0 Å². The van der Waals surface area contributed by atoms with Gasteiger partial charge in [-0.25, -0.2) is 4.98 Å². The number of fused-ring (bicyclic) bond motifs is 1.